The fraction of sp³-hybridized carbons (Fsp3) is 0. The number of hydrogen-bond donors (Lipinski definition) is 2. The molecule has 1 aromatic rings. The van der Waals surface area contributed by atoms with Gasteiger partial charge in [0, 0.05) is 12.4 Å². The quantitative estimate of drug-likeness (QED) is 0.507. The minimum atomic E-state index is -3.67. The Morgan fingerprint density at radius 2 is 1.27 bits per heavy atom. The molecule has 0 saturated heterocycles. The summed E-state index contributed by atoms with van der Waals surface area (Å²) in [6.07, 6.45) is 3.28. The molecule has 6 nitrogen and oxygen atoms in total. The van der Waals surface area contributed by atoms with Gasteiger partial charge in [-0.05, 0) is 12.1 Å². The van der Waals surface area contributed by atoms with E-state index in [-0.39, 0.29) is 0 Å². The van der Waals surface area contributed by atoms with Gasteiger partial charge in [-0.15, -0.1) is 0 Å². The molecule has 0 bridgehead atoms. The molecule has 4 N–H and O–H groups in total. The van der Waals surface area contributed by atoms with E-state index in [1.165, 1.54) is 0 Å². The first-order chi connectivity index (χ1) is 5.00. The second kappa shape index (κ2) is 4.72. The summed E-state index contributed by atoms with van der Waals surface area (Å²) in [5.74, 6) is 0. The van der Waals surface area contributed by atoms with Crippen LogP contribution in [0, 0.1) is 0 Å². The molecule has 0 saturated carbocycles. The Labute approximate surface area is 64.4 Å². The van der Waals surface area contributed by atoms with Crippen LogP contribution in [0.25, 0.3) is 0 Å². The Kier molecular flexibility index (Phi) is 4.27. The summed E-state index contributed by atoms with van der Waals surface area (Å²) in [4.78, 5) is 0. The SMILES string of the molecule is NS(N)(=O)=O.c1ccnnc1. The topological polar surface area (TPSA) is 112 Å². The van der Waals surface area contributed by atoms with Crippen LogP contribution in [0.4, 0.5) is 0 Å². The minimum absolute atomic E-state index is 1.64. The third kappa shape index (κ3) is 17.6. The lowest BCUT2D eigenvalue weighted by atomic mass is 10.6. The molecular weight excluding hydrogens is 168 g/mol. The first-order valence-corrected chi connectivity index (χ1v) is 4.13. The molecule has 11 heavy (non-hydrogen) atoms. The Morgan fingerprint density at radius 3 is 1.36 bits per heavy atom. The third-order valence-corrected chi connectivity index (χ3v) is 0.483. The summed E-state index contributed by atoms with van der Waals surface area (Å²) in [5, 5.41) is 15.3. The van der Waals surface area contributed by atoms with Crippen molar-refractivity contribution in [3.8, 4) is 0 Å². The van der Waals surface area contributed by atoms with Crippen molar-refractivity contribution < 1.29 is 8.42 Å². The summed E-state index contributed by atoms with van der Waals surface area (Å²) >= 11 is 0. The summed E-state index contributed by atoms with van der Waals surface area (Å²) in [7, 11) is -3.67. The number of hydrogen-bond acceptors (Lipinski definition) is 4. The standard InChI is InChI=1S/C4H4N2.H4N2O2S/c1-2-4-6-5-3-1;1-5(2,3)4/h1-4H;(H4,1,2,3,4). The van der Waals surface area contributed by atoms with Crippen LogP contribution in [-0.4, -0.2) is 18.6 Å². The zero-order valence-electron chi connectivity index (χ0n) is 5.58. The average molecular weight is 176 g/mol. The fourth-order valence-electron chi connectivity index (χ4n) is 0.253. The van der Waals surface area contributed by atoms with E-state index in [0.29, 0.717) is 0 Å². The number of aromatic nitrogens is 2. The second-order valence-electron chi connectivity index (χ2n) is 1.50. The van der Waals surface area contributed by atoms with Gasteiger partial charge >= 0.3 is 0 Å². The normalized spacial score (nSPS) is 9.64. The van der Waals surface area contributed by atoms with Crippen molar-refractivity contribution >= 4 is 10.2 Å². The Balaban J connectivity index is 0.000000187. The van der Waals surface area contributed by atoms with Gasteiger partial charge in [-0.3, -0.25) is 0 Å². The van der Waals surface area contributed by atoms with Gasteiger partial charge in [-0.2, -0.15) is 18.6 Å². The molecule has 7 heteroatoms. The molecule has 0 aliphatic carbocycles. The molecule has 1 rings (SSSR count). The molecule has 0 unspecified atom stereocenters. The van der Waals surface area contributed by atoms with Gasteiger partial charge in [0.15, 0.2) is 0 Å². The highest BCUT2D eigenvalue weighted by molar-refractivity contribution is 7.86. The summed E-state index contributed by atoms with van der Waals surface area (Å²) in [5.41, 5.74) is 0. The summed E-state index contributed by atoms with van der Waals surface area (Å²) in [6.45, 7) is 0. The van der Waals surface area contributed by atoms with Gasteiger partial charge in [0.2, 0.25) is 0 Å². The van der Waals surface area contributed by atoms with E-state index in [1.807, 2.05) is 12.1 Å². The van der Waals surface area contributed by atoms with Crippen molar-refractivity contribution in [1.82, 2.24) is 10.2 Å². The van der Waals surface area contributed by atoms with Crippen LogP contribution < -0.4 is 10.3 Å². The molecule has 0 aliphatic heterocycles. The Morgan fingerprint density at radius 1 is 1.00 bits per heavy atom. The van der Waals surface area contributed by atoms with Crippen LogP contribution in [0.15, 0.2) is 24.5 Å². The van der Waals surface area contributed by atoms with E-state index in [4.69, 9.17) is 0 Å². The predicted molar refractivity (Wildman–Crippen MR) is 39.3 cm³/mol. The van der Waals surface area contributed by atoms with Crippen molar-refractivity contribution in [3.05, 3.63) is 24.5 Å². The van der Waals surface area contributed by atoms with Crippen LogP contribution >= 0.6 is 0 Å². The van der Waals surface area contributed by atoms with E-state index in [2.05, 4.69) is 20.5 Å². The molecule has 0 amide bonds. The minimum Gasteiger partial charge on any atom is -0.216 e. The van der Waals surface area contributed by atoms with Crippen LogP contribution in [-0.2, 0) is 10.2 Å². The predicted octanol–water partition coefficient (Wildman–Crippen LogP) is -1.37. The number of rotatable bonds is 0. The molecule has 0 spiro atoms. The van der Waals surface area contributed by atoms with E-state index in [1.54, 1.807) is 12.4 Å². The smallest absolute Gasteiger partial charge is 0.216 e. The second-order valence-corrected chi connectivity index (χ2v) is 2.68. The monoisotopic (exact) mass is 176 g/mol. The van der Waals surface area contributed by atoms with Crippen LogP contribution in [0.1, 0.15) is 0 Å². The molecule has 0 fully saturated rings. The van der Waals surface area contributed by atoms with Gasteiger partial charge in [0.1, 0.15) is 0 Å². The lowest BCUT2D eigenvalue weighted by Crippen LogP contribution is -2.21. The third-order valence-electron chi connectivity index (χ3n) is 0.483. The first kappa shape index (κ1) is 9.95. The molecule has 0 radical (unpaired) electrons. The van der Waals surface area contributed by atoms with Gasteiger partial charge in [-0.1, -0.05) is 0 Å². The largest absolute Gasteiger partial charge is 0.271 e. The van der Waals surface area contributed by atoms with Crippen molar-refractivity contribution in [2.24, 2.45) is 10.3 Å². The Bertz CT molecular complexity index is 237. The first-order valence-electron chi connectivity index (χ1n) is 2.52. The van der Waals surface area contributed by atoms with E-state index in [0.717, 1.165) is 0 Å². The van der Waals surface area contributed by atoms with Crippen molar-refractivity contribution in [3.63, 3.8) is 0 Å². The van der Waals surface area contributed by atoms with Crippen molar-refractivity contribution in [1.29, 1.82) is 0 Å². The highest BCUT2D eigenvalue weighted by Crippen LogP contribution is 1.68. The molecule has 62 valence electrons. The maximum Gasteiger partial charge on any atom is 0.271 e. The van der Waals surface area contributed by atoms with E-state index in [9.17, 15) is 8.42 Å². The number of nitrogens with zero attached hydrogens (tertiary/aromatic N) is 2. The van der Waals surface area contributed by atoms with Crippen LogP contribution in [0.2, 0.25) is 0 Å². The fourth-order valence-corrected chi connectivity index (χ4v) is 0.253. The summed E-state index contributed by atoms with van der Waals surface area (Å²) in [6, 6.07) is 3.65. The zero-order valence-corrected chi connectivity index (χ0v) is 6.40. The summed E-state index contributed by atoms with van der Waals surface area (Å²) < 4.78 is 18.4. The van der Waals surface area contributed by atoms with Crippen LogP contribution in [0.5, 0.6) is 0 Å². The number of nitrogens with two attached hydrogens (primary N) is 2. The molecule has 0 aliphatic rings. The molecule has 0 atom stereocenters. The van der Waals surface area contributed by atoms with Gasteiger partial charge < -0.3 is 0 Å². The lowest BCUT2D eigenvalue weighted by Gasteiger charge is -1.72. The highest BCUT2D eigenvalue weighted by atomic mass is 32.2. The maximum absolute atomic E-state index is 9.19. The van der Waals surface area contributed by atoms with Crippen molar-refractivity contribution in [2.75, 3.05) is 0 Å². The van der Waals surface area contributed by atoms with E-state index >= 15 is 0 Å². The zero-order chi connectivity index (χ0) is 8.74. The van der Waals surface area contributed by atoms with E-state index < -0.39 is 10.2 Å². The molecular formula is C4H8N4O2S. The van der Waals surface area contributed by atoms with Crippen molar-refractivity contribution in [2.45, 2.75) is 0 Å². The van der Waals surface area contributed by atoms with Crippen LogP contribution in [0.3, 0.4) is 0 Å². The van der Waals surface area contributed by atoms with Gasteiger partial charge in [0.25, 0.3) is 10.2 Å². The maximum atomic E-state index is 9.19. The average Bonchev–Trinajstić information content (AvgIpc) is 1.88. The Hall–Kier alpha value is -1.05. The highest BCUT2D eigenvalue weighted by Gasteiger charge is 1.78. The van der Waals surface area contributed by atoms with Gasteiger partial charge in [-0.25, -0.2) is 10.3 Å². The lowest BCUT2D eigenvalue weighted by molar-refractivity contribution is 0.599. The van der Waals surface area contributed by atoms with Gasteiger partial charge in [0.05, 0.1) is 0 Å². The molecule has 1 heterocycles. The molecule has 0 aromatic carbocycles. The molecule has 1 aromatic heterocycles.